The molecule has 3 atom stereocenters. The zero-order chi connectivity index (χ0) is 14.4. The topological polar surface area (TPSA) is 65.0 Å². The molecule has 0 aliphatic carbocycles. The number of esters is 1. The smallest absolute Gasteiger partial charge is 0.330 e. The van der Waals surface area contributed by atoms with Gasteiger partial charge in [0.2, 0.25) is 0 Å². The van der Waals surface area contributed by atoms with Crippen LogP contribution in [0.5, 0.6) is 0 Å². The lowest BCUT2D eigenvalue weighted by Gasteiger charge is -2.33. The highest BCUT2D eigenvalue weighted by molar-refractivity contribution is 5.81. The molecule has 1 heterocycles. The van der Waals surface area contributed by atoms with Crippen LogP contribution in [0.2, 0.25) is 0 Å². The van der Waals surface area contributed by atoms with Gasteiger partial charge in [-0.05, 0) is 6.42 Å². The molecule has 0 bridgehead atoms. The molecule has 20 heavy (non-hydrogen) atoms. The number of hydrogen-bond donors (Lipinski definition) is 1. The summed E-state index contributed by atoms with van der Waals surface area (Å²) in [6.45, 7) is 0.205. The third-order valence-corrected chi connectivity index (χ3v) is 3.04. The normalized spacial score (nSPS) is 26.6. The Bertz CT molecular complexity index is 457. The zero-order valence-corrected chi connectivity index (χ0v) is 11.3. The molecular formula is C15H18O5. The van der Waals surface area contributed by atoms with E-state index in [9.17, 15) is 9.90 Å². The molecular weight excluding hydrogens is 260 g/mol. The summed E-state index contributed by atoms with van der Waals surface area (Å²) in [6, 6.07) is 9.53. The first-order valence-electron chi connectivity index (χ1n) is 6.45. The molecule has 1 fully saturated rings. The minimum Gasteiger partial charge on any atom is -0.466 e. The summed E-state index contributed by atoms with van der Waals surface area (Å²) in [4.78, 5) is 11.0. The van der Waals surface area contributed by atoms with Crippen LogP contribution in [-0.2, 0) is 19.0 Å². The summed E-state index contributed by atoms with van der Waals surface area (Å²) >= 11 is 0. The number of benzene rings is 1. The molecule has 1 aromatic carbocycles. The summed E-state index contributed by atoms with van der Waals surface area (Å²) in [5.74, 6) is -0.425. The van der Waals surface area contributed by atoms with Gasteiger partial charge in [0.05, 0.1) is 19.8 Å². The molecule has 1 saturated heterocycles. The average molecular weight is 278 g/mol. The van der Waals surface area contributed by atoms with E-state index in [4.69, 9.17) is 9.47 Å². The second kappa shape index (κ2) is 7.19. The Kier molecular flexibility index (Phi) is 5.29. The molecule has 1 aromatic rings. The molecule has 0 saturated carbocycles. The van der Waals surface area contributed by atoms with Crippen LogP contribution in [0, 0.1) is 0 Å². The van der Waals surface area contributed by atoms with E-state index in [1.54, 1.807) is 6.08 Å². The van der Waals surface area contributed by atoms with E-state index >= 15 is 0 Å². The number of rotatable bonds is 4. The number of aliphatic hydroxyl groups excluding tert-OH is 1. The van der Waals surface area contributed by atoms with Crippen molar-refractivity contribution in [3.63, 3.8) is 0 Å². The van der Waals surface area contributed by atoms with Crippen molar-refractivity contribution in [2.75, 3.05) is 13.7 Å². The predicted octanol–water partition coefficient (Wildman–Crippen LogP) is 1.58. The number of hydrogen-bond acceptors (Lipinski definition) is 5. The maximum atomic E-state index is 11.0. The number of ether oxygens (including phenoxy) is 3. The van der Waals surface area contributed by atoms with Gasteiger partial charge >= 0.3 is 5.97 Å². The van der Waals surface area contributed by atoms with Gasteiger partial charge in [0.1, 0.15) is 6.10 Å². The molecule has 1 aliphatic heterocycles. The van der Waals surface area contributed by atoms with E-state index in [-0.39, 0.29) is 6.61 Å². The van der Waals surface area contributed by atoms with Crippen molar-refractivity contribution in [2.24, 2.45) is 0 Å². The van der Waals surface area contributed by atoms with E-state index in [1.807, 2.05) is 30.3 Å². The van der Waals surface area contributed by atoms with Crippen LogP contribution < -0.4 is 0 Å². The first-order valence-corrected chi connectivity index (χ1v) is 6.45. The third-order valence-electron chi connectivity index (χ3n) is 3.04. The van der Waals surface area contributed by atoms with Crippen molar-refractivity contribution < 1.29 is 24.1 Å². The van der Waals surface area contributed by atoms with Crippen LogP contribution in [-0.4, -0.2) is 37.0 Å². The maximum Gasteiger partial charge on any atom is 0.330 e. The molecule has 0 spiro atoms. The largest absolute Gasteiger partial charge is 0.466 e. The van der Waals surface area contributed by atoms with Crippen molar-refractivity contribution in [3.8, 4) is 0 Å². The summed E-state index contributed by atoms with van der Waals surface area (Å²) in [5, 5.41) is 9.86. The van der Waals surface area contributed by atoms with Crippen LogP contribution in [0.25, 0.3) is 0 Å². The fourth-order valence-corrected chi connectivity index (χ4v) is 1.95. The molecule has 0 aromatic heterocycles. The average Bonchev–Trinajstić information content (AvgIpc) is 2.49. The Labute approximate surface area is 117 Å². The summed E-state index contributed by atoms with van der Waals surface area (Å²) in [7, 11) is 1.32. The van der Waals surface area contributed by atoms with Crippen LogP contribution in [0.4, 0.5) is 0 Å². The van der Waals surface area contributed by atoms with Crippen molar-refractivity contribution in [3.05, 3.63) is 48.0 Å². The third kappa shape index (κ3) is 3.90. The Morgan fingerprint density at radius 3 is 2.90 bits per heavy atom. The first-order chi connectivity index (χ1) is 9.70. The van der Waals surface area contributed by atoms with Gasteiger partial charge in [0, 0.05) is 11.6 Å². The standard InChI is InChI=1S/C15H18O5/c1-18-14(17)9-5-8-13-12(16)10-19-15(20-13)11-6-3-2-4-7-11/h2-7,9,12-13,15-16H,8,10H2,1H3. The molecule has 1 N–H and O–H groups in total. The minimum atomic E-state index is -0.711. The van der Waals surface area contributed by atoms with Gasteiger partial charge in [-0.1, -0.05) is 36.4 Å². The number of carbonyl (C=O) groups is 1. The predicted molar refractivity (Wildman–Crippen MR) is 71.8 cm³/mol. The summed E-state index contributed by atoms with van der Waals surface area (Å²) in [5.41, 5.74) is 0.904. The lowest BCUT2D eigenvalue weighted by molar-refractivity contribution is -0.255. The fraction of sp³-hybridized carbons (Fsp3) is 0.400. The van der Waals surface area contributed by atoms with E-state index in [1.165, 1.54) is 13.2 Å². The van der Waals surface area contributed by atoms with Crippen LogP contribution in [0.3, 0.4) is 0 Å². The molecule has 0 amide bonds. The molecule has 0 radical (unpaired) electrons. The van der Waals surface area contributed by atoms with Crippen LogP contribution >= 0.6 is 0 Å². The van der Waals surface area contributed by atoms with Crippen LogP contribution in [0.1, 0.15) is 18.3 Å². The molecule has 2 rings (SSSR count). The van der Waals surface area contributed by atoms with Gasteiger partial charge in [0.15, 0.2) is 6.29 Å². The Morgan fingerprint density at radius 1 is 1.45 bits per heavy atom. The quantitative estimate of drug-likeness (QED) is 0.669. The van der Waals surface area contributed by atoms with E-state index < -0.39 is 24.5 Å². The highest BCUT2D eigenvalue weighted by Gasteiger charge is 2.30. The number of carbonyl (C=O) groups excluding carboxylic acids is 1. The van der Waals surface area contributed by atoms with Gasteiger partial charge in [-0.3, -0.25) is 0 Å². The van der Waals surface area contributed by atoms with Crippen molar-refractivity contribution in [2.45, 2.75) is 24.9 Å². The number of methoxy groups -OCH3 is 1. The Balaban J connectivity index is 1.95. The molecule has 5 heteroatoms. The lowest BCUT2D eigenvalue weighted by atomic mass is 10.1. The maximum absolute atomic E-state index is 11.0. The van der Waals surface area contributed by atoms with Crippen molar-refractivity contribution in [1.29, 1.82) is 0 Å². The summed E-state index contributed by atoms with van der Waals surface area (Å²) < 4.78 is 15.7. The Hall–Kier alpha value is -1.69. The van der Waals surface area contributed by atoms with E-state index in [2.05, 4.69) is 4.74 Å². The van der Waals surface area contributed by atoms with Gasteiger partial charge in [-0.2, -0.15) is 0 Å². The number of aliphatic hydroxyl groups is 1. The highest BCUT2D eigenvalue weighted by Crippen LogP contribution is 2.27. The van der Waals surface area contributed by atoms with Gasteiger partial charge in [-0.15, -0.1) is 0 Å². The fourth-order valence-electron chi connectivity index (χ4n) is 1.95. The zero-order valence-electron chi connectivity index (χ0n) is 11.3. The lowest BCUT2D eigenvalue weighted by Crippen LogP contribution is -2.40. The second-order valence-electron chi connectivity index (χ2n) is 4.48. The molecule has 108 valence electrons. The minimum absolute atomic E-state index is 0.205. The van der Waals surface area contributed by atoms with E-state index in [0.717, 1.165) is 5.56 Å². The van der Waals surface area contributed by atoms with Gasteiger partial charge in [0.25, 0.3) is 0 Å². The van der Waals surface area contributed by atoms with Crippen LogP contribution in [0.15, 0.2) is 42.5 Å². The molecule has 5 nitrogen and oxygen atoms in total. The molecule has 1 aliphatic rings. The SMILES string of the molecule is COC(=O)C=CCC1OC(c2ccccc2)OCC1O. The summed E-state index contributed by atoms with van der Waals surface area (Å²) in [6.07, 6.45) is 1.77. The van der Waals surface area contributed by atoms with Gasteiger partial charge in [-0.25, -0.2) is 4.79 Å². The molecule has 3 unspecified atom stereocenters. The highest BCUT2D eigenvalue weighted by atomic mass is 16.7. The Morgan fingerprint density at radius 2 is 2.20 bits per heavy atom. The van der Waals surface area contributed by atoms with Crippen molar-refractivity contribution in [1.82, 2.24) is 0 Å². The monoisotopic (exact) mass is 278 g/mol. The van der Waals surface area contributed by atoms with Gasteiger partial charge < -0.3 is 19.3 Å². The van der Waals surface area contributed by atoms with Crippen molar-refractivity contribution >= 4 is 5.97 Å². The second-order valence-corrected chi connectivity index (χ2v) is 4.48. The first kappa shape index (κ1) is 14.7. The van der Waals surface area contributed by atoms with E-state index in [0.29, 0.717) is 6.42 Å².